The van der Waals surface area contributed by atoms with Crippen molar-refractivity contribution < 1.29 is 9.53 Å². The van der Waals surface area contributed by atoms with Gasteiger partial charge in [-0.2, -0.15) is 4.98 Å². The molecule has 104 valence electrons. The molecule has 1 aromatic heterocycles. The van der Waals surface area contributed by atoms with Gasteiger partial charge in [0.2, 0.25) is 5.95 Å². The lowest BCUT2D eigenvalue weighted by molar-refractivity contribution is -0.111. The van der Waals surface area contributed by atoms with Crippen molar-refractivity contribution in [3.63, 3.8) is 0 Å². The number of aromatic amines is 1. The van der Waals surface area contributed by atoms with Crippen molar-refractivity contribution in [3.05, 3.63) is 40.9 Å². The molecule has 0 aliphatic carbocycles. The SMILES string of the molecule is CCOc1n[nH]c(NC(=O)/C=C/c2ccc(Cl)cc2)n1. The molecule has 0 aliphatic rings. The number of amides is 1. The molecule has 2 N–H and O–H groups in total. The van der Waals surface area contributed by atoms with Crippen molar-refractivity contribution >= 4 is 29.5 Å². The first-order valence-corrected chi connectivity index (χ1v) is 6.35. The van der Waals surface area contributed by atoms with E-state index in [2.05, 4.69) is 20.5 Å². The Morgan fingerprint density at radius 3 is 2.90 bits per heavy atom. The minimum Gasteiger partial charge on any atom is -0.463 e. The van der Waals surface area contributed by atoms with Crippen LogP contribution in [0.1, 0.15) is 12.5 Å². The topological polar surface area (TPSA) is 79.9 Å². The van der Waals surface area contributed by atoms with Crippen LogP contribution in [-0.2, 0) is 4.79 Å². The maximum atomic E-state index is 11.7. The second kappa shape index (κ2) is 6.72. The van der Waals surface area contributed by atoms with Crippen LogP contribution in [0.25, 0.3) is 6.08 Å². The molecular weight excluding hydrogens is 280 g/mol. The molecule has 0 atom stereocenters. The maximum absolute atomic E-state index is 11.7. The van der Waals surface area contributed by atoms with E-state index in [0.717, 1.165) is 5.56 Å². The molecule has 2 aromatic rings. The summed E-state index contributed by atoms with van der Waals surface area (Å²) in [7, 11) is 0. The quantitative estimate of drug-likeness (QED) is 0.830. The van der Waals surface area contributed by atoms with E-state index in [1.165, 1.54) is 6.08 Å². The molecule has 0 bridgehead atoms. The van der Waals surface area contributed by atoms with Gasteiger partial charge in [0.1, 0.15) is 0 Å². The van der Waals surface area contributed by atoms with Gasteiger partial charge in [-0.25, -0.2) is 5.10 Å². The summed E-state index contributed by atoms with van der Waals surface area (Å²) in [5, 5.41) is 9.52. The Bertz CT molecular complexity index is 607. The lowest BCUT2D eigenvalue weighted by atomic mass is 10.2. The number of aromatic nitrogens is 3. The molecule has 0 spiro atoms. The Hall–Kier alpha value is -2.34. The highest BCUT2D eigenvalue weighted by molar-refractivity contribution is 6.30. The molecule has 20 heavy (non-hydrogen) atoms. The Kier molecular flexibility index (Phi) is 4.73. The lowest BCUT2D eigenvalue weighted by Crippen LogP contribution is -2.09. The van der Waals surface area contributed by atoms with E-state index in [0.29, 0.717) is 11.6 Å². The Morgan fingerprint density at radius 2 is 2.20 bits per heavy atom. The molecule has 0 aliphatic heterocycles. The van der Waals surface area contributed by atoms with E-state index >= 15 is 0 Å². The Morgan fingerprint density at radius 1 is 1.45 bits per heavy atom. The second-order valence-corrected chi connectivity index (χ2v) is 4.21. The highest BCUT2D eigenvalue weighted by atomic mass is 35.5. The molecule has 0 fully saturated rings. The molecule has 1 heterocycles. The highest BCUT2D eigenvalue weighted by Gasteiger charge is 2.05. The fourth-order valence-electron chi connectivity index (χ4n) is 1.40. The summed E-state index contributed by atoms with van der Waals surface area (Å²) in [6.07, 6.45) is 3.07. The number of H-pyrrole nitrogens is 1. The third-order valence-corrected chi connectivity index (χ3v) is 2.53. The van der Waals surface area contributed by atoms with Gasteiger partial charge in [0.15, 0.2) is 0 Å². The number of nitrogens with one attached hydrogen (secondary N) is 2. The average Bonchev–Trinajstić information content (AvgIpc) is 2.86. The number of anilines is 1. The van der Waals surface area contributed by atoms with Crippen molar-refractivity contribution in [3.8, 4) is 6.01 Å². The molecule has 2 rings (SSSR count). The van der Waals surface area contributed by atoms with Crippen LogP contribution in [0.4, 0.5) is 5.95 Å². The molecule has 1 amide bonds. The predicted molar refractivity (Wildman–Crippen MR) is 76.7 cm³/mol. The summed E-state index contributed by atoms with van der Waals surface area (Å²) >= 11 is 5.78. The molecule has 7 heteroatoms. The Labute approximate surface area is 120 Å². The van der Waals surface area contributed by atoms with E-state index < -0.39 is 0 Å². The average molecular weight is 293 g/mol. The minimum absolute atomic E-state index is 0.199. The maximum Gasteiger partial charge on any atom is 0.337 e. The number of hydrogen-bond donors (Lipinski definition) is 2. The van der Waals surface area contributed by atoms with Gasteiger partial charge in [-0.15, -0.1) is 5.10 Å². The van der Waals surface area contributed by atoms with Crippen LogP contribution in [0.15, 0.2) is 30.3 Å². The Balaban J connectivity index is 1.92. The van der Waals surface area contributed by atoms with Crippen LogP contribution >= 0.6 is 11.6 Å². The fraction of sp³-hybridized carbons (Fsp3) is 0.154. The number of ether oxygens (including phenoxy) is 1. The molecule has 6 nitrogen and oxygen atoms in total. The number of nitrogens with zero attached hydrogens (tertiary/aromatic N) is 2. The first-order valence-electron chi connectivity index (χ1n) is 5.97. The first-order chi connectivity index (χ1) is 9.67. The number of benzene rings is 1. The zero-order valence-corrected chi connectivity index (χ0v) is 11.5. The first kappa shape index (κ1) is 14.1. The standard InChI is InChI=1S/C13H13ClN4O2/c1-2-20-13-16-12(17-18-13)15-11(19)8-5-9-3-6-10(14)7-4-9/h3-8H,2H2,1H3,(H2,15,16,17,18,19)/b8-5+. The second-order valence-electron chi connectivity index (χ2n) is 3.77. The summed E-state index contributed by atoms with van der Waals surface area (Å²) in [5.41, 5.74) is 0.872. The van der Waals surface area contributed by atoms with Crippen molar-refractivity contribution in [2.75, 3.05) is 11.9 Å². The van der Waals surface area contributed by atoms with Crippen molar-refractivity contribution in [2.24, 2.45) is 0 Å². The number of halogens is 1. The summed E-state index contributed by atoms with van der Waals surface area (Å²) in [6.45, 7) is 2.28. The van der Waals surface area contributed by atoms with Crippen LogP contribution in [0.5, 0.6) is 6.01 Å². The van der Waals surface area contributed by atoms with E-state index in [1.807, 2.05) is 19.1 Å². The third-order valence-electron chi connectivity index (χ3n) is 2.28. The number of carbonyl (C=O) groups excluding carboxylic acids is 1. The number of hydrogen-bond acceptors (Lipinski definition) is 4. The van der Waals surface area contributed by atoms with Crippen molar-refractivity contribution in [2.45, 2.75) is 6.92 Å². The van der Waals surface area contributed by atoms with Crippen LogP contribution in [0.2, 0.25) is 5.02 Å². The number of rotatable bonds is 5. The largest absolute Gasteiger partial charge is 0.463 e. The lowest BCUT2D eigenvalue weighted by Gasteiger charge is -1.96. The van der Waals surface area contributed by atoms with Gasteiger partial charge in [-0.05, 0) is 30.7 Å². The highest BCUT2D eigenvalue weighted by Crippen LogP contribution is 2.11. The summed E-state index contributed by atoms with van der Waals surface area (Å²) in [6, 6.07) is 7.33. The third kappa shape index (κ3) is 4.10. The number of carbonyl (C=O) groups is 1. The van der Waals surface area contributed by atoms with E-state index in [1.54, 1.807) is 18.2 Å². The van der Waals surface area contributed by atoms with Gasteiger partial charge in [0.05, 0.1) is 6.61 Å². The van der Waals surface area contributed by atoms with Gasteiger partial charge in [-0.3, -0.25) is 10.1 Å². The fourth-order valence-corrected chi connectivity index (χ4v) is 1.53. The predicted octanol–water partition coefficient (Wildman–Crippen LogP) is 2.51. The van der Waals surface area contributed by atoms with Crippen LogP contribution < -0.4 is 10.1 Å². The van der Waals surface area contributed by atoms with E-state index in [4.69, 9.17) is 16.3 Å². The molecule has 1 aromatic carbocycles. The van der Waals surface area contributed by atoms with Crippen molar-refractivity contribution in [1.82, 2.24) is 15.2 Å². The van der Waals surface area contributed by atoms with Crippen LogP contribution in [0.3, 0.4) is 0 Å². The van der Waals surface area contributed by atoms with E-state index in [9.17, 15) is 4.79 Å². The molecule has 0 saturated heterocycles. The van der Waals surface area contributed by atoms with Gasteiger partial charge in [0.25, 0.3) is 5.91 Å². The van der Waals surface area contributed by atoms with Gasteiger partial charge in [-0.1, -0.05) is 23.7 Å². The van der Waals surface area contributed by atoms with Crippen LogP contribution in [-0.4, -0.2) is 27.7 Å². The van der Waals surface area contributed by atoms with E-state index in [-0.39, 0.29) is 17.9 Å². The van der Waals surface area contributed by atoms with Crippen molar-refractivity contribution in [1.29, 1.82) is 0 Å². The van der Waals surface area contributed by atoms with Gasteiger partial charge in [0, 0.05) is 11.1 Å². The monoisotopic (exact) mass is 292 g/mol. The molecule has 0 radical (unpaired) electrons. The molecule has 0 unspecified atom stereocenters. The van der Waals surface area contributed by atoms with Crippen LogP contribution in [0, 0.1) is 0 Å². The zero-order chi connectivity index (χ0) is 14.4. The molecule has 0 saturated carbocycles. The summed E-state index contributed by atoms with van der Waals surface area (Å²) < 4.78 is 5.07. The minimum atomic E-state index is -0.320. The smallest absolute Gasteiger partial charge is 0.337 e. The normalized spacial score (nSPS) is 10.7. The summed E-state index contributed by atoms with van der Waals surface area (Å²) in [5.74, 6) is -0.0849. The summed E-state index contributed by atoms with van der Waals surface area (Å²) in [4.78, 5) is 15.6. The van der Waals surface area contributed by atoms with Gasteiger partial charge >= 0.3 is 6.01 Å². The van der Waals surface area contributed by atoms with Gasteiger partial charge < -0.3 is 4.74 Å². The zero-order valence-electron chi connectivity index (χ0n) is 10.8. The molecular formula is C13H13ClN4O2.